The summed E-state index contributed by atoms with van der Waals surface area (Å²) in [7, 11) is 0. The normalized spacial score (nSPS) is 10.9. The van der Waals surface area contributed by atoms with Gasteiger partial charge < -0.3 is 0 Å². The number of rotatable bonds is 2. The number of hydrogen-bond acceptors (Lipinski definition) is 3. The highest BCUT2D eigenvalue weighted by molar-refractivity contribution is 7.80. The van der Waals surface area contributed by atoms with E-state index in [1.807, 2.05) is 41.1 Å². The maximum atomic E-state index is 4.34. The van der Waals surface area contributed by atoms with E-state index in [0.717, 1.165) is 22.5 Å². The molecule has 1 aromatic heterocycles. The number of fused-ring (bicyclic) bond motifs is 1. The zero-order chi connectivity index (χ0) is 11.7. The number of thiol groups is 1. The summed E-state index contributed by atoms with van der Waals surface area (Å²) < 4.78 is 1.89. The quantitative estimate of drug-likeness (QED) is 0.699. The van der Waals surface area contributed by atoms with E-state index in [1.54, 1.807) is 0 Å². The molecule has 0 aliphatic heterocycles. The lowest BCUT2D eigenvalue weighted by Gasteiger charge is -2.02. The van der Waals surface area contributed by atoms with Gasteiger partial charge >= 0.3 is 0 Å². The second-order valence-electron chi connectivity index (χ2n) is 3.91. The molecular weight excluding hydrogens is 230 g/mol. The van der Waals surface area contributed by atoms with Gasteiger partial charge in [-0.1, -0.05) is 35.5 Å². The average Bonchev–Trinajstić information content (AvgIpc) is 2.73. The van der Waals surface area contributed by atoms with E-state index in [9.17, 15) is 0 Å². The van der Waals surface area contributed by atoms with Crippen LogP contribution in [0.4, 0.5) is 0 Å². The Hall–Kier alpha value is -1.81. The summed E-state index contributed by atoms with van der Waals surface area (Å²) in [5.41, 5.74) is 3.13. The Morgan fingerprint density at radius 2 is 1.88 bits per heavy atom. The summed E-state index contributed by atoms with van der Waals surface area (Å²) in [4.78, 5) is 0.925. The van der Waals surface area contributed by atoms with Gasteiger partial charge in [0.1, 0.15) is 5.52 Å². The van der Waals surface area contributed by atoms with E-state index >= 15 is 0 Å². The van der Waals surface area contributed by atoms with Crippen molar-refractivity contribution in [3.8, 4) is 0 Å². The Morgan fingerprint density at radius 1 is 1.06 bits per heavy atom. The number of hydrogen-bond donors (Lipinski definition) is 1. The number of benzene rings is 2. The van der Waals surface area contributed by atoms with E-state index in [4.69, 9.17) is 0 Å². The molecule has 0 aliphatic rings. The Kier molecular flexibility index (Phi) is 2.57. The molecule has 3 rings (SSSR count). The minimum Gasteiger partial charge on any atom is -0.240 e. The van der Waals surface area contributed by atoms with E-state index in [1.165, 1.54) is 5.56 Å². The first kappa shape index (κ1) is 10.4. The smallest absolute Gasteiger partial charge is 0.113 e. The van der Waals surface area contributed by atoms with Gasteiger partial charge in [-0.25, -0.2) is 4.68 Å². The van der Waals surface area contributed by atoms with Crippen molar-refractivity contribution >= 4 is 23.7 Å². The van der Waals surface area contributed by atoms with Crippen LogP contribution >= 0.6 is 12.6 Å². The Labute approximate surface area is 104 Å². The summed E-state index contributed by atoms with van der Waals surface area (Å²) >= 11 is 4.34. The Morgan fingerprint density at radius 3 is 2.71 bits per heavy atom. The maximum Gasteiger partial charge on any atom is 0.113 e. The van der Waals surface area contributed by atoms with Gasteiger partial charge in [-0.05, 0) is 23.8 Å². The fourth-order valence-corrected chi connectivity index (χ4v) is 2.02. The van der Waals surface area contributed by atoms with Crippen LogP contribution < -0.4 is 0 Å². The molecule has 17 heavy (non-hydrogen) atoms. The molecule has 0 fully saturated rings. The second kappa shape index (κ2) is 4.22. The van der Waals surface area contributed by atoms with Crippen LogP contribution in [0.25, 0.3) is 11.0 Å². The van der Waals surface area contributed by atoms with E-state index in [-0.39, 0.29) is 0 Å². The van der Waals surface area contributed by atoms with Gasteiger partial charge in [0.25, 0.3) is 0 Å². The van der Waals surface area contributed by atoms with Gasteiger partial charge in [-0.3, -0.25) is 0 Å². The Balaban J connectivity index is 2.03. The third kappa shape index (κ3) is 2.03. The van der Waals surface area contributed by atoms with Crippen molar-refractivity contribution in [1.29, 1.82) is 0 Å². The first-order valence-electron chi connectivity index (χ1n) is 5.39. The molecule has 3 aromatic rings. The van der Waals surface area contributed by atoms with Crippen LogP contribution in [-0.2, 0) is 6.54 Å². The highest BCUT2D eigenvalue weighted by atomic mass is 32.1. The average molecular weight is 241 g/mol. The maximum absolute atomic E-state index is 4.34. The molecule has 0 saturated carbocycles. The van der Waals surface area contributed by atoms with E-state index in [0.29, 0.717) is 0 Å². The van der Waals surface area contributed by atoms with Gasteiger partial charge in [0, 0.05) is 4.90 Å². The molecule has 84 valence electrons. The predicted octanol–water partition coefficient (Wildman–Crippen LogP) is 2.77. The van der Waals surface area contributed by atoms with Crippen LogP contribution in [0.1, 0.15) is 5.56 Å². The Bertz CT molecular complexity index is 646. The molecule has 0 unspecified atom stereocenters. The number of aromatic nitrogens is 3. The van der Waals surface area contributed by atoms with Gasteiger partial charge in [0.2, 0.25) is 0 Å². The van der Waals surface area contributed by atoms with Crippen molar-refractivity contribution in [1.82, 2.24) is 15.0 Å². The van der Waals surface area contributed by atoms with Crippen LogP contribution in [0, 0.1) is 0 Å². The first-order chi connectivity index (χ1) is 8.33. The molecule has 0 radical (unpaired) electrons. The topological polar surface area (TPSA) is 30.7 Å². The van der Waals surface area contributed by atoms with Crippen LogP contribution in [-0.4, -0.2) is 15.0 Å². The second-order valence-corrected chi connectivity index (χ2v) is 4.42. The molecule has 3 nitrogen and oxygen atoms in total. The predicted molar refractivity (Wildman–Crippen MR) is 70.3 cm³/mol. The minimum absolute atomic E-state index is 0.731. The van der Waals surface area contributed by atoms with E-state index < -0.39 is 0 Å². The lowest BCUT2D eigenvalue weighted by molar-refractivity contribution is 0.669. The molecule has 1 heterocycles. The first-order valence-corrected chi connectivity index (χ1v) is 5.84. The van der Waals surface area contributed by atoms with Gasteiger partial charge in [-0.15, -0.1) is 17.7 Å². The molecular formula is C13H11N3S. The van der Waals surface area contributed by atoms with Gasteiger partial charge in [0.15, 0.2) is 0 Å². The highest BCUT2D eigenvalue weighted by Crippen LogP contribution is 2.16. The molecule has 0 spiro atoms. The highest BCUT2D eigenvalue weighted by Gasteiger charge is 2.04. The van der Waals surface area contributed by atoms with Crippen molar-refractivity contribution in [2.24, 2.45) is 0 Å². The lowest BCUT2D eigenvalue weighted by atomic mass is 10.2. The lowest BCUT2D eigenvalue weighted by Crippen LogP contribution is -2.01. The summed E-state index contributed by atoms with van der Waals surface area (Å²) in [6, 6.07) is 16.1. The van der Waals surface area contributed by atoms with Crippen LogP contribution in [0.15, 0.2) is 53.4 Å². The van der Waals surface area contributed by atoms with Crippen molar-refractivity contribution in [2.45, 2.75) is 11.4 Å². The molecule has 4 heteroatoms. The zero-order valence-corrected chi connectivity index (χ0v) is 10.0. The largest absolute Gasteiger partial charge is 0.240 e. The van der Waals surface area contributed by atoms with Crippen molar-refractivity contribution < 1.29 is 0 Å². The fraction of sp³-hybridized carbons (Fsp3) is 0.0769. The van der Waals surface area contributed by atoms with Crippen molar-refractivity contribution in [3.05, 3.63) is 54.1 Å². The monoisotopic (exact) mass is 241 g/mol. The van der Waals surface area contributed by atoms with Gasteiger partial charge in [0.05, 0.1) is 12.1 Å². The fourth-order valence-electron chi connectivity index (χ4n) is 1.83. The summed E-state index contributed by atoms with van der Waals surface area (Å²) in [6.07, 6.45) is 0. The molecule has 2 aromatic carbocycles. The van der Waals surface area contributed by atoms with Crippen LogP contribution in [0.5, 0.6) is 0 Å². The van der Waals surface area contributed by atoms with Crippen LogP contribution in [0.2, 0.25) is 0 Å². The SMILES string of the molecule is Sc1ccc2nnn(Cc3ccccc3)c2c1. The van der Waals surface area contributed by atoms with E-state index in [2.05, 4.69) is 35.1 Å². The molecule has 0 saturated heterocycles. The molecule has 0 aliphatic carbocycles. The van der Waals surface area contributed by atoms with Gasteiger partial charge in [-0.2, -0.15) is 0 Å². The number of nitrogens with zero attached hydrogens (tertiary/aromatic N) is 3. The third-order valence-electron chi connectivity index (χ3n) is 2.67. The minimum atomic E-state index is 0.731. The van der Waals surface area contributed by atoms with Crippen LogP contribution in [0.3, 0.4) is 0 Å². The summed E-state index contributed by atoms with van der Waals surface area (Å²) in [6.45, 7) is 0.731. The summed E-state index contributed by atoms with van der Waals surface area (Å²) in [5, 5.41) is 8.30. The van der Waals surface area contributed by atoms with Crippen molar-refractivity contribution in [2.75, 3.05) is 0 Å². The summed E-state index contributed by atoms with van der Waals surface area (Å²) in [5.74, 6) is 0. The molecule has 0 bridgehead atoms. The molecule has 0 N–H and O–H groups in total. The standard InChI is InChI=1S/C13H11N3S/c17-11-6-7-12-13(8-11)16(15-14-12)9-10-4-2-1-3-5-10/h1-8,17H,9H2. The molecule has 0 atom stereocenters. The zero-order valence-electron chi connectivity index (χ0n) is 9.11. The molecule has 0 amide bonds. The third-order valence-corrected chi connectivity index (χ3v) is 2.95. The van der Waals surface area contributed by atoms with Crippen molar-refractivity contribution in [3.63, 3.8) is 0 Å².